The van der Waals surface area contributed by atoms with Gasteiger partial charge in [-0.3, -0.25) is 9.59 Å². The van der Waals surface area contributed by atoms with E-state index < -0.39 is 0 Å². The van der Waals surface area contributed by atoms with Crippen LogP contribution in [-0.2, 0) is 4.79 Å². The Hall–Kier alpha value is -2.24. The number of amides is 2. The number of rotatable bonds is 5. The molecule has 0 unspecified atom stereocenters. The molecule has 2 aromatic carbocycles. The van der Waals surface area contributed by atoms with Gasteiger partial charge in [-0.15, -0.1) is 0 Å². The van der Waals surface area contributed by atoms with Gasteiger partial charge >= 0.3 is 0 Å². The lowest BCUT2D eigenvalue weighted by molar-refractivity contribution is -0.117. The smallest absolute Gasteiger partial charge is 0.255 e. The van der Waals surface area contributed by atoms with Gasteiger partial charge in [-0.25, -0.2) is 0 Å². The summed E-state index contributed by atoms with van der Waals surface area (Å²) >= 11 is 11.8. The maximum atomic E-state index is 12.5. The van der Waals surface area contributed by atoms with E-state index in [1.165, 1.54) is 7.11 Å². The van der Waals surface area contributed by atoms with Crippen LogP contribution in [0.5, 0.6) is 5.75 Å². The fourth-order valence-corrected chi connectivity index (χ4v) is 2.60. The molecule has 5 nitrogen and oxygen atoms in total. The van der Waals surface area contributed by atoms with Gasteiger partial charge < -0.3 is 15.4 Å². The van der Waals surface area contributed by atoms with Crippen LogP contribution in [0.4, 0.5) is 11.4 Å². The number of nitrogens with one attached hydrogen (secondary N) is 2. The molecule has 0 aliphatic heterocycles. The summed E-state index contributed by atoms with van der Waals surface area (Å²) in [5.74, 6) is 0.168. The molecule has 0 bridgehead atoms. The maximum absolute atomic E-state index is 12.5. The van der Waals surface area contributed by atoms with Crippen LogP contribution in [-0.4, -0.2) is 18.9 Å². The van der Waals surface area contributed by atoms with E-state index in [1.54, 1.807) is 36.4 Å². The number of halogens is 2. The molecule has 1 aliphatic rings. The first-order valence-corrected chi connectivity index (χ1v) is 8.49. The van der Waals surface area contributed by atoms with Crippen molar-refractivity contribution in [3.8, 4) is 5.75 Å². The van der Waals surface area contributed by atoms with E-state index >= 15 is 0 Å². The molecule has 0 spiro atoms. The Bertz CT molecular complexity index is 835. The van der Waals surface area contributed by atoms with E-state index in [2.05, 4.69) is 10.6 Å². The van der Waals surface area contributed by atoms with E-state index in [-0.39, 0.29) is 17.7 Å². The quantitative estimate of drug-likeness (QED) is 0.798. The molecule has 3 rings (SSSR count). The van der Waals surface area contributed by atoms with Crippen molar-refractivity contribution in [3.05, 3.63) is 52.0 Å². The Morgan fingerprint density at radius 1 is 1.04 bits per heavy atom. The SMILES string of the molecule is COc1ccc(C(=O)Nc2ccc(Cl)c(Cl)c2)cc1NC(=O)C1CC1. The van der Waals surface area contributed by atoms with Gasteiger partial charge in [0.1, 0.15) is 5.75 Å². The zero-order valence-electron chi connectivity index (χ0n) is 13.4. The molecule has 1 aliphatic carbocycles. The second-order valence-electron chi connectivity index (χ2n) is 5.76. The van der Waals surface area contributed by atoms with Crippen molar-refractivity contribution in [2.24, 2.45) is 5.92 Å². The third kappa shape index (κ3) is 4.24. The normalized spacial score (nSPS) is 13.2. The van der Waals surface area contributed by atoms with Crippen LogP contribution in [0, 0.1) is 5.92 Å². The molecule has 0 saturated heterocycles. The van der Waals surface area contributed by atoms with Gasteiger partial charge in [0.2, 0.25) is 5.91 Å². The van der Waals surface area contributed by atoms with Crippen molar-refractivity contribution in [3.63, 3.8) is 0 Å². The molecule has 0 radical (unpaired) electrons. The van der Waals surface area contributed by atoms with Crippen molar-refractivity contribution in [2.75, 3.05) is 17.7 Å². The van der Waals surface area contributed by atoms with Gasteiger partial charge in [0, 0.05) is 17.2 Å². The number of carbonyl (C=O) groups excluding carboxylic acids is 2. The fourth-order valence-electron chi connectivity index (χ4n) is 2.30. The standard InChI is InChI=1S/C18H16Cl2N2O3/c1-25-16-7-4-11(8-15(16)22-17(23)10-2-3-10)18(24)21-12-5-6-13(19)14(20)9-12/h4-10H,2-3H2,1H3,(H,21,24)(H,22,23). The minimum Gasteiger partial charge on any atom is -0.495 e. The predicted molar refractivity (Wildman–Crippen MR) is 98.8 cm³/mol. The number of anilines is 2. The topological polar surface area (TPSA) is 67.4 Å². The van der Waals surface area contributed by atoms with Gasteiger partial charge in [0.05, 0.1) is 22.8 Å². The summed E-state index contributed by atoms with van der Waals surface area (Å²) in [6.45, 7) is 0. The van der Waals surface area contributed by atoms with Crippen LogP contribution in [0.25, 0.3) is 0 Å². The summed E-state index contributed by atoms with van der Waals surface area (Å²) in [6.07, 6.45) is 1.79. The predicted octanol–water partition coefficient (Wildman–Crippen LogP) is 4.60. The lowest BCUT2D eigenvalue weighted by Gasteiger charge is -2.12. The first-order chi connectivity index (χ1) is 12.0. The molecule has 0 atom stereocenters. The number of ether oxygens (including phenoxy) is 1. The third-order valence-corrected chi connectivity index (χ3v) is 4.58. The Morgan fingerprint density at radius 3 is 2.44 bits per heavy atom. The van der Waals surface area contributed by atoms with Crippen molar-refractivity contribution in [1.82, 2.24) is 0 Å². The molecule has 2 aromatic rings. The average Bonchev–Trinajstić information content (AvgIpc) is 3.43. The molecule has 130 valence electrons. The zero-order chi connectivity index (χ0) is 18.0. The Balaban J connectivity index is 1.79. The van der Waals surface area contributed by atoms with Crippen molar-refractivity contribution in [1.29, 1.82) is 0 Å². The minimum absolute atomic E-state index is 0.0541. The highest BCUT2D eigenvalue weighted by atomic mass is 35.5. The summed E-state index contributed by atoms with van der Waals surface area (Å²) < 4.78 is 5.25. The molecular formula is C18H16Cl2N2O3. The largest absolute Gasteiger partial charge is 0.495 e. The summed E-state index contributed by atoms with van der Waals surface area (Å²) in [7, 11) is 1.51. The fraction of sp³-hybridized carbons (Fsp3) is 0.222. The van der Waals surface area contributed by atoms with Crippen LogP contribution in [0.1, 0.15) is 23.2 Å². The minimum atomic E-state index is -0.331. The number of methoxy groups -OCH3 is 1. The van der Waals surface area contributed by atoms with Gasteiger partial charge in [0.25, 0.3) is 5.91 Å². The van der Waals surface area contributed by atoms with Crippen LogP contribution < -0.4 is 15.4 Å². The van der Waals surface area contributed by atoms with E-state index in [1.807, 2.05) is 0 Å². The molecule has 2 amide bonds. The monoisotopic (exact) mass is 378 g/mol. The van der Waals surface area contributed by atoms with Crippen molar-refractivity contribution in [2.45, 2.75) is 12.8 Å². The van der Waals surface area contributed by atoms with Gasteiger partial charge in [-0.1, -0.05) is 23.2 Å². The van der Waals surface area contributed by atoms with Gasteiger partial charge in [0.15, 0.2) is 0 Å². The Labute approximate surface area is 155 Å². The Morgan fingerprint density at radius 2 is 1.80 bits per heavy atom. The van der Waals surface area contributed by atoms with E-state index in [0.29, 0.717) is 32.7 Å². The molecule has 1 saturated carbocycles. The van der Waals surface area contributed by atoms with Crippen LogP contribution in [0.15, 0.2) is 36.4 Å². The lowest BCUT2D eigenvalue weighted by atomic mass is 10.1. The van der Waals surface area contributed by atoms with E-state index in [9.17, 15) is 9.59 Å². The second kappa shape index (κ2) is 7.33. The molecular weight excluding hydrogens is 363 g/mol. The molecule has 25 heavy (non-hydrogen) atoms. The van der Waals surface area contributed by atoms with Crippen LogP contribution in [0.3, 0.4) is 0 Å². The van der Waals surface area contributed by atoms with Crippen molar-refractivity contribution >= 4 is 46.4 Å². The van der Waals surface area contributed by atoms with Gasteiger partial charge in [-0.05, 0) is 49.2 Å². The highest BCUT2D eigenvalue weighted by Gasteiger charge is 2.30. The average molecular weight is 379 g/mol. The summed E-state index contributed by atoms with van der Waals surface area (Å²) in [5, 5.41) is 6.33. The Kier molecular flexibility index (Phi) is 5.16. The number of hydrogen-bond acceptors (Lipinski definition) is 3. The third-order valence-electron chi connectivity index (χ3n) is 3.85. The molecule has 0 heterocycles. The molecule has 2 N–H and O–H groups in total. The first kappa shape index (κ1) is 17.6. The molecule has 1 fully saturated rings. The number of carbonyl (C=O) groups is 2. The second-order valence-corrected chi connectivity index (χ2v) is 6.58. The summed E-state index contributed by atoms with van der Waals surface area (Å²) in [5.41, 5.74) is 1.39. The molecule has 0 aromatic heterocycles. The lowest BCUT2D eigenvalue weighted by Crippen LogP contribution is -2.16. The highest BCUT2D eigenvalue weighted by molar-refractivity contribution is 6.42. The first-order valence-electron chi connectivity index (χ1n) is 7.73. The van der Waals surface area contributed by atoms with Crippen LogP contribution >= 0.6 is 23.2 Å². The number of hydrogen-bond donors (Lipinski definition) is 2. The van der Waals surface area contributed by atoms with Gasteiger partial charge in [-0.2, -0.15) is 0 Å². The molecule has 7 heteroatoms. The van der Waals surface area contributed by atoms with E-state index in [4.69, 9.17) is 27.9 Å². The number of benzene rings is 2. The van der Waals surface area contributed by atoms with Crippen molar-refractivity contribution < 1.29 is 14.3 Å². The summed E-state index contributed by atoms with van der Waals surface area (Å²) in [4.78, 5) is 24.4. The summed E-state index contributed by atoms with van der Waals surface area (Å²) in [6, 6.07) is 9.69. The zero-order valence-corrected chi connectivity index (χ0v) is 14.9. The highest BCUT2D eigenvalue weighted by Crippen LogP contribution is 2.33. The van der Waals surface area contributed by atoms with E-state index in [0.717, 1.165) is 12.8 Å². The maximum Gasteiger partial charge on any atom is 0.255 e. The van der Waals surface area contributed by atoms with Crippen LogP contribution in [0.2, 0.25) is 10.0 Å².